The molecule has 0 aliphatic carbocycles. The van der Waals surface area contributed by atoms with Crippen LogP contribution in [0.2, 0.25) is 0 Å². The zero-order valence-electron chi connectivity index (χ0n) is 16.5. The number of benzene rings is 3. The van der Waals surface area contributed by atoms with Gasteiger partial charge in [0.25, 0.3) is 5.91 Å². The van der Waals surface area contributed by atoms with Crippen LogP contribution in [0.1, 0.15) is 27.9 Å². The molecule has 31 heavy (non-hydrogen) atoms. The van der Waals surface area contributed by atoms with Gasteiger partial charge in [0, 0.05) is 24.1 Å². The summed E-state index contributed by atoms with van der Waals surface area (Å²) in [6, 6.07) is 17.5. The molecule has 1 atom stereocenters. The normalized spacial score (nSPS) is 15.3. The van der Waals surface area contributed by atoms with E-state index >= 15 is 0 Å². The molecule has 0 fully saturated rings. The molecule has 7 heteroatoms. The molecule has 158 valence electrons. The van der Waals surface area contributed by atoms with Crippen molar-refractivity contribution in [3.8, 4) is 0 Å². The smallest absolute Gasteiger partial charge is 0.254 e. The second-order valence-corrected chi connectivity index (χ2v) is 7.28. The summed E-state index contributed by atoms with van der Waals surface area (Å²) in [7, 11) is 0. The van der Waals surface area contributed by atoms with Crippen LogP contribution >= 0.6 is 0 Å². The first kappa shape index (κ1) is 20.7. The van der Waals surface area contributed by atoms with Gasteiger partial charge in [-0.05, 0) is 42.0 Å². The summed E-state index contributed by atoms with van der Waals surface area (Å²) in [6.45, 7) is 0.218. The van der Waals surface area contributed by atoms with E-state index in [1.807, 2.05) is 0 Å². The highest BCUT2D eigenvalue weighted by Gasteiger charge is 2.28. The van der Waals surface area contributed by atoms with Crippen molar-refractivity contribution in [2.45, 2.75) is 19.1 Å². The van der Waals surface area contributed by atoms with Gasteiger partial charge in [-0.3, -0.25) is 4.79 Å². The standard InChI is InChI=1S/C24H19F3N2O2/c25-18-7-3-5-16(11-18)14-29(24(30)17-6-4-8-19(26)12-17)15-20-13-23(28-31-20)21-9-1-2-10-22(21)27/h1-12,20H,13-15H2/t20-/m1/s1. The molecule has 0 radical (unpaired) electrons. The van der Waals surface area contributed by atoms with Gasteiger partial charge in [0.1, 0.15) is 17.5 Å². The number of nitrogens with zero attached hydrogens (tertiary/aromatic N) is 2. The van der Waals surface area contributed by atoms with Crippen molar-refractivity contribution < 1.29 is 22.8 Å². The minimum absolute atomic E-state index is 0.0992. The Morgan fingerprint density at radius 1 is 0.968 bits per heavy atom. The van der Waals surface area contributed by atoms with Gasteiger partial charge < -0.3 is 9.74 Å². The Kier molecular flexibility index (Phi) is 6.02. The van der Waals surface area contributed by atoms with Crippen LogP contribution in [-0.4, -0.2) is 29.2 Å². The highest BCUT2D eigenvalue weighted by molar-refractivity contribution is 6.01. The third-order valence-corrected chi connectivity index (χ3v) is 4.96. The molecular formula is C24H19F3N2O2. The number of hydrogen-bond donors (Lipinski definition) is 0. The Morgan fingerprint density at radius 3 is 2.45 bits per heavy atom. The van der Waals surface area contributed by atoms with Gasteiger partial charge in [0.2, 0.25) is 0 Å². The molecule has 4 rings (SSSR count). The van der Waals surface area contributed by atoms with E-state index in [1.165, 1.54) is 41.3 Å². The van der Waals surface area contributed by atoms with Gasteiger partial charge in [-0.15, -0.1) is 0 Å². The Morgan fingerprint density at radius 2 is 1.71 bits per heavy atom. The van der Waals surface area contributed by atoms with Crippen LogP contribution in [0, 0.1) is 17.5 Å². The van der Waals surface area contributed by atoms with E-state index in [9.17, 15) is 18.0 Å². The molecule has 1 aliphatic heterocycles. The molecule has 0 bridgehead atoms. The average Bonchev–Trinajstić information content (AvgIpc) is 3.21. The van der Waals surface area contributed by atoms with Gasteiger partial charge >= 0.3 is 0 Å². The van der Waals surface area contributed by atoms with E-state index in [2.05, 4.69) is 5.16 Å². The van der Waals surface area contributed by atoms with Crippen molar-refractivity contribution in [1.29, 1.82) is 0 Å². The lowest BCUT2D eigenvalue weighted by Crippen LogP contribution is -2.37. The molecule has 0 saturated carbocycles. The number of carbonyl (C=O) groups is 1. The molecule has 1 amide bonds. The van der Waals surface area contributed by atoms with E-state index in [-0.39, 0.29) is 18.7 Å². The first-order valence-corrected chi connectivity index (χ1v) is 9.76. The summed E-state index contributed by atoms with van der Waals surface area (Å²) in [4.78, 5) is 20.0. The zero-order chi connectivity index (χ0) is 21.8. The molecule has 3 aromatic carbocycles. The van der Waals surface area contributed by atoms with Crippen molar-refractivity contribution in [3.63, 3.8) is 0 Å². The molecule has 0 aromatic heterocycles. The maximum Gasteiger partial charge on any atom is 0.254 e. The van der Waals surface area contributed by atoms with Crippen LogP contribution in [0.3, 0.4) is 0 Å². The molecule has 0 saturated heterocycles. The first-order valence-electron chi connectivity index (χ1n) is 9.76. The fraction of sp³-hybridized carbons (Fsp3) is 0.167. The lowest BCUT2D eigenvalue weighted by molar-refractivity contribution is 0.0404. The van der Waals surface area contributed by atoms with Crippen LogP contribution in [0.15, 0.2) is 78.0 Å². The monoisotopic (exact) mass is 424 g/mol. The van der Waals surface area contributed by atoms with Gasteiger partial charge in [-0.25, -0.2) is 13.2 Å². The maximum absolute atomic E-state index is 14.1. The number of oxime groups is 1. The lowest BCUT2D eigenvalue weighted by atomic mass is 10.0. The van der Waals surface area contributed by atoms with Crippen LogP contribution in [-0.2, 0) is 11.4 Å². The van der Waals surface area contributed by atoms with Crippen LogP contribution in [0.25, 0.3) is 0 Å². The molecular weight excluding hydrogens is 405 g/mol. The summed E-state index contributed by atoms with van der Waals surface area (Å²) in [5, 5.41) is 3.99. The Bertz CT molecular complexity index is 1130. The molecule has 4 nitrogen and oxygen atoms in total. The van der Waals surface area contributed by atoms with Crippen molar-refractivity contribution in [1.82, 2.24) is 4.90 Å². The lowest BCUT2D eigenvalue weighted by Gasteiger charge is -2.25. The fourth-order valence-corrected chi connectivity index (χ4v) is 3.51. The van der Waals surface area contributed by atoms with Crippen LogP contribution in [0.5, 0.6) is 0 Å². The maximum atomic E-state index is 14.1. The van der Waals surface area contributed by atoms with Crippen molar-refractivity contribution >= 4 is 11.6 Å². The summed E-state index contributed by atoms with van der Waals surface area (Å²) in [5.41, 5.74) is 1.55. The number of hydrogen-bond acceptors (Lipinski definition) is 3. The predicted molar refractivity (Wildman–Crippen MR) is 110 cm³/mol. The highest BCUT2D eigenvalue weighted by Crippen LogP contribution is 2.21. The topological polar surface area (TPSA) is 41.9 Å². The molecule has 0 N–H and O–H groups in total. The summed E-state index contributed by atoms with van der Waals surface area (Å²) >= 11 is 0. The average molecular weight is 424 g/mol. The predicted octanol–water partition coefficient (Wildman–Crippen LogP) is 4.94. The third kappa shape index (κ3) is 4.94. The molecule has 0 spiro atoms. The zero-order valence-corrected chi connectivity index (χ0v) is 16.5. The Hall–Kier alpha value is -3.61. The largest absolute Gasteiger partial charge is 0.390 e. The van der Waals surface area contributed by atoms with Crippen LogP contribution in [0.4, 0.5) is 13.2 Å². The molecule has 3 aromatic rings. The second kappa shape index (κ2) is 9.04. The first-order chi connectivity index (χ1) is 15.0. The van der Waals surface area contributed by atoms with Crippen molar-refractivity contribution in [2.24, 2.45) is 5.16 Å². The van der Waals surface area contributed by atoms with Crippen LogP contribution < -0.4 is 0 Å². The third-order valence-electron chi connectivity index (χ3n) is 4.96. The fourth-order valence-electron chi connectivity index (χ4n) is 3.51. The van der Waals surface area contributed by atoms with E-state index < -0.39 is 29.5 Å². The Labute approximate surface area is 177 Å². The molecule has 1 aliphatic rings. The summed E-state index contributed by atoms with van der Waals surface area (Å²) < 4.78 is 41.4. The van der Waals surface area contributed by atoms with Gasteiger partial charge in [-0.1, -0.05) is 41.6 Å². The SMILES string of the molecule is O=C(c1cccc(F)c1)N(Cc1cccc(F)c1)C[C@H]1CC(c2ccccc2F)=NO1. The van der Waals surface area contributed by atoms with Gasteiger partial charge in [0.15, 0.2) is 6.10 Å². The highest BCUT2D eigenvalue weighted by atomic mass is 19.1. The minimum atomic E-state index is -0.529. The van der Waals surface area contributed by atoms with Gasteiger partial charge in [0.05, 0.1) is 12.3 Å². The second-order valence-electron chi connectivity index (χ2n) is 7.28. The number of amides is 1. The quantitative estimate of drug-likeness (QED) is 0.563. The number of carbonyl (C=O) groups excluding carboxylic acids is 1. The molecule has 0 unspecified atom stereocenters. The van der Waals surface area contributed by atoms with Crippen molar-refractivity contribution in [2.75, 3.05) is 6.54 Å². The Balaban J connectivity index is 1.53. The summed E-state index contributed by atoms with van der Waals surface area (Å²) in [5.74, 6) is -1.78. The van der Waals surface area contributed by atoms with E-state index in [0.717, 1.165) is 6.07 Å². The minimum Gasteiger partial charge on any atom is -0.390 e. The number of halogens is 3. The van der Waals surface area contributed by atoms with Crippen molar-refractivity contribution in [3.05, 3.63) is 107 Å². The van der Waals surface area contributed by atoms with E-state index in [0.29, 0.717) is 23.3 Å². The van der Waals surface area contributed by atoms with E-state index in [4.69, 9.17) is 4.84 Å². The van der Waals surface area contributed by atoms with E-state index in [1.54, 1.807) is 30.3 Å². The van der Waals surface area contributed by atoms with Gasteiger partial charge in [-0.2, -0.15) is 0 Å². The molecule has 1 heterocycles. The number of rotatable bonds is 6. The summed E-state index contributed by atoms with van der Waals surface area (Å²) in [6.07, 6.45) is -0.211.